The van der Waals surface area contributed by atoms with Crippen molar-refractivity contribution in [1.82, 2.24) is 5.32 Å². The average Bonchev–Trinajstić information content (AvgIpc) is 2.08. The first-order valence-electron chi connectivity index (χ1n) is 3.93. The molecule has 0 aromatic rings. The third kappa shape index (κ3) is 3.03. The molecule has 0 unspecified atom stereocenters. The molecule has 1 heterocycles. The molecular weight excluding hydrogens is 172 g/mol. The summed E-state index contributed by atoms with van der Waals surface area (Å²) in [6.07, 6.45) is 1.59. The fraction of sp³-hybridized carbons (Fsp3) is 0.500. The fourth-order valence-corrected chi connectivity index (χ4v) is 1.15. The average molecular weight is 182 g/mol. The molecule has 0 saturated carbocycles. The van der Waals surface area contributed by atoms with Crippen LogP contribution in [0.15, 0.2) is 11.8 Å². The molecule has 1 fully saturated rings. The van der Waals surface area contributed by atoms with Gasteiger partial charge in [0.25, 0.3) is 0 Å². The van der Waals surface area contributed by atoms with E-state index >= 15 is 0 Å². The Morgan fingerprint density at radius 1 is 1.85 bits per heavy atom. The van der Waals surface area contributed by atoms with Crippen LogP contribution in [0.4, 0.5) is 4.79 Å². The second-order valence-electron chi connectivity index (χ2n) is 2.74. The molecule has 0 bridgehead atoms. The highest BCUT2D eigenvalue weighted by Crippen LogP contribution is 2.16. The summed E-state index contributed by atoms with van der Waals surface area (Å²) in [5.74, 6) is 0.630. The molecule has 1 aliphatic heterocycles. The summed E-state index contributed by atoms with van der Waals surface area (Å²) in [6.45, 7) is 0.305. The zero-order valence-corrected chi connectivity index (χ0v) is 6.99. The van der Waals surface area contributed by atoms with Crippen LogP contribution in [-0.4, -0.2) is 23.8 Å². The molecule has 0 aromatic heterocycles. The number of amides is 1. The third-order valence-corrected chi connectivity index (χ3v) is 1.76. The zero-order valence-electron chi connectivity index (χ0n) is 6.99. The van der Waals surface area contributed by atoms with Gasteiger partial charge < -0.3 is 15.2 Å². The standard InChI is InChI=1S/C8H10N2O3/c9-4-3-7-2-1-6(5-13-7)10-8(11)12/h3,6,10H,1-2,5H2,(H,11,12)/b7-3+/t6-/m0/s1. The van der Waals surface area contributed by atoms with Gasteiger partial charge in [-0.25, -0.2) is 4.79 Å². The van der Waals surface area contributed by atoms with E-state index in [1.165, 1.54) is 6.08 Å². The number of nitriles is 1. The number of ether oxygens (including phenoxy) is 1. The van der Waals surface area contributed by atoms with Gasteiger partial charge in [-0.05, 0) is 6.42 Å². The van der Waals surface area contributed by atoms with Crippen LogP contribution in [0.3, 0.4) is 0 Å². The molecular formula is C8H10N2O3. The summed E-state index contributed by atoms with van der Waals surface area (Å²) >= 11 is 0. The summed E-state index contributed by atoms with van der Waals surface area (Å²) < 4.78 is 5.14. The van der Waals surface area contributed by atoms with Crippen molar-refractivity contribution < 1.29 is 14.6 Å². The van der Waals surface area contributed by atoms with Crippen molar-refractivity contribution in [3.05, 3.63) is 11.8 Å². The fourth-order valence-electron chi connectivity index (χ4n) is 1.15. The van der Waals surface area contributed by atoms with E-state index in [4.69, 9.17) is 15.1 Å². The van der Waals surface area contributed by atoms with Crippen LogP contribution in [0.1, 0.15) is 12.8 Å². The monoisotopic (exact) mass is 182 g/mol. The quantitative estimate of drug-likeness (QED) is 0.588. The molecule has 13 heavy (non-hydrogen) atoms. The predicted octanol–water partition coefficient (Wildman–Crippen LogP) is 0.840. The van der Waals surface area contributed by atoms with Gasteiger partial charge in [0, 0.05) is 6.42 Å². The van der Waals surface area contributed by atoms with E-state index in [0.717, 1.165) is 0 Å². The number of hydrogen-bond acceptors (Lipinski definition) is 3. The topological polar surface area (TPSA) is 82.4 Å². The number of carbonyl (C=O) groups is 1. The molecule has 0 radical (unpaired) electrons. The number of carboxylic acid groups (broad SMARTS) is 1. The Labute approximate surface area is 75.6 Å². The summed E-state index contributed by atoms with van der Waals surface area (Å²) in [7, 11) is 0. The van der Waals surface area contributed by atoms with Crippen molar-refractivity contribution >= 4 is 6.09 Å². The van der Waals surface area contributed by atoms with Gasteiger partial charge in [-0.1, -0.05) is 0 Å². The lowest BCUT2D eigenvalue weighted by Gasteiger charge is -2.23. The van der Waals surface area contributed by atoms with E-state index in [-0.39, 0.29) is 6.04 Å². The van der Waals surface area contributed by atoms with Crippen LogP contribution in [0.5, 0.6) is 0 Å². The van der Waals surface area contributed by atoms with Crippen LogP contribution in [0.2, 0.25) is 0 Å². The van der Waals surface area contributed by atoms with Gasteiger partial charge in [0.1, 0.15) is 12.4 Å². The van der Waals surface area contributed by atoms with Crippen molar-refractivity contribution in [3.63, 3.8) is 0 Å². The molecule has 1 aliphatic rings. The SMILES string of the molecule is N#C/C=C1\CC[C@H](NC(=O)O)CO1. The smallest absolute Gasteiger partial charge is 0.404 e. The van der Waals surface area contributed by atoms with Crippen LogP contribution in [0, 0.1) is 11.3 Å². The summed E-state index contributed by atoms with van der Waals surface area (Å²) in [5, 5.41) is 19.0. The van der Waals surface area contributed by atoms with E-state index in [1.54, 1.807) is 0 Å². The van der Waals surface area contributed by atoms with E-state index in [1.807, 2.05) is 6.07 Å². The first-order valence-corrected chi connectivity index (χ1v) is 3.93. The predicted molar refractivity (Wildman–Crippen MR) is 43.8 cm³/mol. The van der Waals surface area contributed by atoms with Crippen molar-refractivity contribution in [2.24, 2.45) is 0 Å². The van der Waals surface area contributed by atoms with Crippen LogP contribution in [0.25, 0.3) is 0 Å². The molecule has 5 nitrogen and oxygen atoms in total. The number of nitrogens with zero attached hydrogens (tertiary/aromatic N) is 1. The molecule has 1 amide bonds. The molecule has 1 atom stereocenters. The lowest BCUT2D eigenvalue weighted by molar-refractivity contribution is 0.125. The van der Waals surface area contributed by atoms with Crippen molar-refractivity contribution in [3.8, 4) is 6.07 Å². The van der Waals surface area contributed by atoms with Gasteiger partial charge in [-0.2, -0.15) is 5.26 Å². The molecule has 0 aliphatic carbocycles. The Hall–Kier alpha value is -1.70. The lowest BCUT2D eigenvalue weighted by atomic mass is 10.1. The van der Waals surface area contributed by atoms with Gasteiger partial charge >= 0.3 is 6.09 Å². The minimum atomic E-state index is -1.04. The van der Waals surface area contributed by atoms with E-state index in [9.17, 15) is 4.79 Å². The molecule has 70 valence electrons. The second-order valence-corrected chi connectivity index (χ2v) is 2.74. The lowest BCUT2D eigenvalue weighted by Crippen LogP contribution is -2.39. The van der Waals surface area contributed by atoms with E-state index in [2.05, 4.69) is 5.32 Å². The zero-order chi connectivity index (χ0) is 9.68. The van der Waals surface area contributed by atoms with Gasteiger partial charge in [-0.3, -0.25) is 0 Å². The minimum Gasteiger partial charge on any atom is -0.495 e. The van der Waals surface area contributed by atoms with Crippen LogP contribution < -0.4 is 5.32 Å². The molecule has 1 rings (SSSR count). The summed E-state index contributed by atoms with van der Waals surface area (Å²) in [5.41, 5.74) is 0. The van der Waals surface area contributed by atoms with E-state index < -0.39 is 6.09 Å². The summed E-state index contributed by atoms with van der Waals surface area (Å²) in [4.78, 5) is 10.2. The highest BCUT2D eigenvalue weighted by Gasteiger charge is 2.18. The first kappa shape index (κ1) is 9.39. The third-order valence-electron chi connectivity index (χ3n) is 1.76. The Bertz CT molecular complexity index is 257. The number of nitrogens with one attached hydrogen (secondary N) is 1. The Balaban J connectivity index is 2.35. The maximum atomic E-state index is 10.2. The normalized spacial score (nSPS) is 24.5. The Morgan fingerprint density at radius 2 is 2.62 bits per heavy atom. The maximum absolute atomic E-state index is 10.2. The number of hydrogen-bond donors (Lipinski definition) is 2. The molecule has 2 N–H and O–H groups in total. The highest BCUT2D eigenvalue weighted by molar-refractivity contribution is 5.64. The highest BCUT2D eigenvalue weighted by atomic mass is 16.5. The first-order chi connectivity index (χ1) is 6.22. The summed E-state index contributed by atoms with van der Waals surface area (Å²) in [6, 6.07) is 1.71. The second kappa shape index (κ2) is 4.36. The number of rotatable bonds is 1. The van der Waals surface area contributed by atoms with Gasteiger partial charge in [0.2, 0.25) is 0 Å². The largest absolute Gasteiger partial charge is 0.495 e. The molecule has 0 spiro atoms. The van der Waals surface area contributed by atoms with E-state index in [0.29, 0.717) is 25.2 Å². The van der Waals surface area contributed by atoms with Crippen molar-refractivity contribution in [1.29, 1.82) is 5.26 Å². The Morgan fingerprint density at radius 3 is 3.08 bits per heavy atom. The van der Waals surface area contributed by atoms with Crippen LogP contribution >= 0.6 is 0 Å². The maximum Gasteiger partial charge on any atom is 0.404 e. The molecule has 5 heteroatoms. The molecule has 1 saturated heterocycles. The molecule has 0 aromatic carbocycles. The van der Waals surface area contributed by atoms with Gasteiger partial charge in [0.05, 0.1) is 18.2 Å². The van der Waals surface area contributed by atoms with Crippen molar-refractivity contribution in [2.45, 2.75) is 18.9 Å². The van der Waals surface area contributed by atoms with Crippen LogP contribution in [-0.2, 0) is 4.74 Å². The minimum absolute atomic E-state index is 0.159. The Kier molecular flexibility index (Phi) is 3.15. The number of allylic oxidation sites excluding steroid dienone is 2. The van der Waals surface area contributed by atoms with Gasteiger partial charge in [-0.15, -0.1) is 0 Å². The van der Waals surface area contributed by atoms with Gasteiger partial charge in [0.15, 0.2) is 0 Å². The van der Waals surface area contributed by atoms with Crippen molar-refractivity contribution in [2.75, 3.05) is 6.61 Å².